The average Bonchev–Trinajstić information content (AvgIpc) is 2.76. The van der Waals surface area contributed by atoms with E-state index in [0.717, 1.165) is 12.1 Å². The molecule has 0 radical (unpaired) electrons. The molecule has 2 aliphatic rings. The van der Waals surface area contributed by atoms with Gasteiger partial charge < -0.3 is 9.64 Å². The van der Waals surface area contributed by atoms with E-state index in [-0.39, 0.29) is 17.9 Å². The Bertz CT molecular complexity index is 705. The molecule has 0 aromatic carbocycles. The number of hydrogen-bond acceptors (Lipinski definition) is 5. The van der Waals surface area contributed by atoms with Crippen molar-refractivity contribution in [3.63, 3.8) is 0 Å². The van der Waals surface area contributed by atoms with Crippen LogP contribution in [0.15, 0.2) is 18.3 Å². The van der Waals surface area contributed by atoms with Crippen LogP contribution < -0.4 is 0 Å². The third-order valence-electron chi connectivity index (χ3n) is 4.72. The van der Waals surface area contributed by atoms with E-state index in [0.29, 0.717) is 38.3 Å². The summed E-state index contributed by atoms with van der Waals surface area (Å²) in [7, 11) is -3.21. The van der Waals surface area contributed by atoms with Crippen LogP contribution in [0.3, 0.4) is 0 Å². The molecule has 3 heterocycles. The molecular weight excluding hydrogens is 330 g/mol. The van der Waals surface area contributed by atoms with Crippen LogP contribution in [0.1, 0.15) is 22.5 Å². The fraction of sp³-hybridized carbons (Fsp3) is 0.625. The number of carbonyl (C=O) groups is 1. The van der Waals surface area contributed by atoms with Gasteiger partial charge in [0.1, 0.15) is 0 Å². The largest absolute Gasteiger partial charge is 0.375 e. The molecule has 2 aliphatic heterocycles. The molecule has 1 amide bonds. The van der Waals surface area contributed by atoms with Crippen molar-refractivity contribution < 1.29 is 17.9 Å². The Kier molecular flexibility index (Phi) is 4.89. The summed E-state index contributed by atoms with van der Waals surface area (Å²) in [5.41, 5.74) is 1.45. The highest BCUT2D eigenvalue weighted by Gasteiger charge is 2.37. The van der Waals surface area contributed by atoms with Crippen molar-refractivity contribution in [3.05, 3.63) is 29.6 Å². The minimum Gasteiger partial charge on any atom is -0.375 e. The molecule has 24 heavy (non-hydrogen) atoms. The van der Waals surface area contributed by atoms with Crippen LogP contribution in [0.2, 0.25) is 0 Å². The van der Waals surface area contributed by atoms with Gasteiger partial charge in [-0.25, -0.2) is 8.42 Å². The van der Waals surface area contributed by atoms with Gasteiger partial charge in [0, 0.05) is 44.0 Å². The van der Waals surface area contributed by atoms with Crippen LogP contribution in [0.4, 0.5) is 0 Å². The summed E-state index contributed by atoms with van der Waals surface area (Å²) < 4.78 is 30.9. The number of sulfonamides is 1. The third-order valence-corrected chi connectivity index (χ3v) is 5.99. The number of likely N-dealkylation sites (tertiary alicyclic amines) is 1. The van der Waals surface area contributed by atoms with E-state index in [1.165, 1.54) is 10.6 Å². The summed E-state index contributed by atoms with van der Waals surface area (Å²) in [5.74, 6) is 0.0798. The first-order chi connectivity index (χ1) is 11.3. The number of amides is 1. The molecule has 1 aromatic heterocycles. The van der Waals surface area contributed by atoms with Crippen LogP contribution in [-0.4, -0.2) is 73.7 Å². The predicted octanol–water partition coefficient (Wildman–Crippen LogP) is 0.513. The number of piperidine rings is 1. The summed E-state index contributed by atoms with van der Waals surface area (Å²) in [6, 6.07) is 3.61. The molecule has 1 aromatic rings. The number of carbonyl (C=O) groups excluding carboxylic acids is 1. The molecule has 3 rings (SSSR count). The standard InChI is InChI=1S/C16H23N3O4S/c1-12-3-4-13(9-17-12)16(20)18-6-5-14-10-19(24(2,21)22)7-8-23-15(14)11-18/h3-4,9,14-15H,5-8,10-11H2,1-2H3/t14-,15-/m1/s1. The van der Waals surface area contributed by atoms with Crippen molar-refractivity contribution in [1.29, 1.82) is 0 Å². The number of nitrogens with zero attached hydrogens (tertiary/aromatic N) is 3. The maximum atomic E-state index is 12.6. The summed E-state index contributed by atoms with van der Waals surface area (Å²) in [6.45, 7) is 4.19. The van der Waals surface area contributed by atoms with Gasteiger partial charge in [0.2, 0.25) is 10.0 Å². The lowest BCUT2D eigenvalue weighted by Crippen LogP contribution is -2.49. The van der Waals surface area contributed by atoms with Gasteiger partial charge in [0.05, 0.1) is 24.5 Å². The van der Waals surface area contributed by atoms with E-state index in [2.05, 4.69) is 4.98 Å². The number of ether oxygens (including phenoxy) is 1. The van der Waals surface area contributed by atoms with Crippen LogP contribution >= 0.6 is 0 Å². The number of pyridine rings is 1. The first-order valence-electron chi connectivity index (χ1n) is 8.13. The molecule has 0 bridgehead atoms. The van der Waals surface area contributed by atoms with Crippen molar-refractivity contribution in [2.24, 2.45) is 5.92 Å². The Morgan fingerprint density at radius 1 is 1.29 bits per heavy atom. The van der Waals surface area contributed by atoms with Gasteiger partial charge in [0.15, 0.2) is 0 Å². The van der Waals surface area contributed by atoms with E-state index in [9.17, 15) is 13.2 Å². The molecule has 0 unspecified atom stereocenters. The fourth-order valence-corrected chi connectivity index (χ4v) is 4.15. The molecule has 8 heteroatoms. The number of hydrogen-bond donors (Lipinski definition) is 0. The topological polar surface area (TPSA) is 79.8 Å². The first-order valence-corrected chi connectivity index (χ1v) is 9.98. The molecule has 2 atom stereocenters. The molecule has 2 fully saturated rings. The number of aromatic nitrogens is 1. The van der Waals surface area contributed by atoms with Crippen molar-refractivity contribution in [2.75, 3.05) is 39.0 Å². The lowest BCUT2D eigenvalue weighted by Gasteiger charge is -2.37. The fourth-order valence-electron chi connectivity index (χ4n) is 3.28. The van der Waals surface area contributed by atoms with Crippen molar-refractivity contribution in [1.82, 2.24) is 14.2 Å². The monoisotopic (exact) mass is 353 g/mol. The van der Waals surface area contributed by atoms with Crippen LogP contribution in [0.5, 0.6) is 0 Å². The minimum absolute atomic E-state index is 0.0474. The summed E-state index contributed by atoms with van der Waals surface area (Å²) in [6.07, 6.45) is 3.45. The summed E-state index contributed by atoms with van der Waals surface area (Å²) >= 11 is 0. The number of fused-ring (bicyclic) bond motifs is 1. The normalized spacial score (nSPS) is 25.8. The molecule has 7 nitrogen and oxygen atoms in total. The predicted molar refractivity (Wildman–Crippen MR) is 89.1 cm³/mol. The van der Waals surface area contributed by atoms with E-state index < -0.39 is 10.0 Å². The van der Waals surface area contributed by atoms with Gasteiger partial charge in [-0.3, -0.25) is 9.78 Å². The highest BCUT2D eigenvalue weighted by Crippen LogP contribution is 2.26. The Balaban J connectivity index is 1.68. The Morgan fingerprint density at radius 2 is 2.08 bits per heavy atom. The van der Waals surface area contributed by atoms with Crippen molar-refractivity contribution in [3.8, 4) is 0 Å². The lowest BCUT2D eigenvalue weighted by atomic mass is 9.93. The minimum atomic E-state index is -3.21. The Labute approximate surface area is 142 Å². The first kappa shape index (κ1) is 17.3. The Morgan fingerprint density at radius 3 is 2.75 bits per heavy atom. The van der Waals surface area contributed by atoms with Gasteiger partial charge in [-0.05, 0) is 25.5 Å². The second kappa shape index (κ2) is 6.78. The lowest BCUT2D eigenvalue weighted by molar-refractivity contribution is -0.0170. The maximum absolute atomic E-state index is 12.6. The zero-order chi connectivity index (χ0) is 17.3. The van der Waals surface area contributed by atoms with Gasteiger partial charge in [0.25, 0.3) is 5.91 Å². The smallest absolute Gasteiger partial charge is 0.255 e. The second-order valence-corrected chi connectivity index (χ2v) is 8.50. The van der Waals surface area contributed by atoms with Gasteiger partial charge in [-0.15, -0.1) is 0 Å². The zero-order valence-corrected chi connectivity index (χ0v) is 14.8. The molecular formula is C16H23N3O4S. The van der Waals surface area contributed by atoms with Crippen molar-refractivity contribution in [2.45, 2.75) is 19.4 Å². The van der Waals surface area contributed by atoms with Crippen molar-refractivity contribution >= 4 is 15.9 Å². The van der Waals surface area contributed by atoms with Crippen LogP contribution in [-0.2, 0) is 14.8 Å². The SMILES string of the molecule is Cc1ccc(C(=O)N2CC[C@@H]3CN(S(C)(=O)=O)CCO[C@@H]3C2)cn1. The van der Waals surface area contributed by atoms with E-state index in [4.69, 9.17) is 4.74 Å². The second-order valence-electron chi connectivity index (χ2n) is 6.52. The molecule has 132 valence electrons. The quantitative estimate of drug-likeness (QED) is 0.774. The third kappa shape index (κ3) is 3.76. The highest BCUT2D eigenvalue weighted by atomic mass is 32.2. The average molecular weight is 353 g/mol. The summed E-state index contributed by atoms with van der Waals surface area (Å²) in [4.78, 5) is 18.6. The van der Waals surface area contributed by atoms with Crippen LogP contribution in [0.25, 0.3) is 0 Å². The zero-order valence-electron chi connectivity index (χ0n) is 14.0. The Hall–Kier alpha value is -1.51. The molecule has 0 spiro atoms. The van der Waals surface area contributed by atoms with E-state index in [1.807, 2.05) is 13.0 Å². The maximum Gasteiger partial charge on any atom is 0.255 e. The highest BCUT2D eigenvalue weighted by molar-refractivity contribution is 7.88. The van der Waals surface area contributed by atoms with Gasteiger partial charge in [-0.2, -0.15) is 4.31 Å². The molecule has 0 saturated carbocycles. The van der Waals surface area contributed by atoms with Gasteiger partial charge >= 0.3 is 0 Å². The van der Waals surface area contributed by atoms with E-state index in [1.54, 1.807) is 17.2 Å². The molecule has 2 saturated heterocycles. The van der Waals surface area contributed by atoms with E-state index >= 15 is 0 Å². The number of aryl methyl sites for hydroxylation is 1. The van der Waals surface area contributed by atoms with Gasteiger partial charge in [-0.1, -0.05) is 0 Å². The molecule has 0 aliphatic carbocycles. The van der Waals surface area contributed by atoms with Crippen LogP contribution in [0, 0.1) is 12.8 Å². The summed E-state index contributed by atoms with van der Waals surface area (Å²) in [5, 5.41) is 0. The number of rotatable bonds is 2. The molecule has 0 N–H and O–H groups in total.